The number of carbonyl (C=O) groups excluding carboxylic acids is 1. The summed E-state index contributed by atoms with van der Waals surface area (Å²) in [6, 6.07) is 0.0710. The van der Waals surface area contributed by atoms with Gasteiger partial charge in [-0.1, -0.05) is 0 Å². The Balaban J connectivity index is 1.87. The predicted octanol–water partition coefficient (Wildman–Crippen LogP) is 0.0173. The quantitative estimate of drug-likeness (QED) is 0.672. The van der Waals surface area contributed by atoms with Gasteiger partial charge in [0.1, 0.15) is 0 Å². The molecule has 2 bridgehead atoms. The molecule has 0 saturated carbocycles. The molecule has 2 aliphatic heterocycles. The van der Waals surface area contributed by atoms with Gasteiger partial charge in [-0.25, -0.2) is 0 Å². The van der Waals surface area contributed by atoms with Crippen LogP contribution in [0, 0.1) is 5.92 Å². The van der Waals surface area contributed by atoms with Gasteiger partial charge in [0.25, 0.3) is 0 Å². The molecule has 4 atom stereocenters. The predicted molar refractivity (Wildman–Crippen MR) is 52.7 cm³/mol. The second-order valence-electron chi connectivity index (χ2n) is 4.36. The molecule has 2 saturated heterocycles. The standard InChI is InChI=1S/C10H18N2O2/c1-6(5-11)12-10(13)8-4-7-2-3-9(8)14-7/h6-9H,2-5,11H2,1H3,(H,12,13)/t6-,7?,8?,9?/m0/s1. The van der Waals surface area contributed by atoms with Crippen LogP contribution in [0.4, 0.5) is 0 Å². The van der Waals surface area contributed by atoms with Gasteiger partial charge in [-0.2, -0.15) is 0 Å². The lowest BCUT2D eigenvalue weighted by Crippen LogP contribution is -2.43. The monoisotopic (exact) mass is 198 g/mol. The Hall–Kier alpha value is -0.610. The van der Waals surface area contributed by atoms with E-state index in [1.165, 1.54) is 0 Å². The molecule has 0 spiro atoms. The fourth-order valence-electron chi connectivity index (χ4n) is 2.32. The maximum Gasteiger partial charge on any atom is 0.226 e. The highest BCUT2D eigenvalue weighted by molar-refractivity contribution is 5.80. The third-order valence-corrected chi connectivity index (χ3v) is 3.18. The van der Waals surface area contributed by atoms with Gasteiger partial charge in [-0.3, -0.25) is 4.79 Å². The molecule has 3 N–H and O–H groups in total. The van der Waals surface area contributed by atoms with E-state index in [1.807, 2.05) is 6.92 Å². The first kappa shape index (κ1) is 9.93. The lowest BCUT2D eigenvalue weighted by molar-refractivity contribution is -0.127. The van der Waals surface area contributed by atoms with Gasteiger partial charge in [-0.05, 0) is 26.2 Å². The molecule has 2 heterocycles. The zero-order chi connectivity index (χ0) is 10.1. The molecule has 80 valence electrons. The number of carbonyl (C=O) groups is 1. The van der Waals surface area contributed by atoms with E-state index in [1.54, 1.807) is 0 Å². The topological polar surface area (TPSA) is 64.3 Å². The number of amides is 1. The van der Waals surface area contributed by atoms with Crippen LogP contribution in [-0.2, 0) is 9.53 Å². The summed E-state index contributed by atoms with van der Waals surface area (Å²) in [5.74, 6) is 0.193. The summed E-state index contributed by atoms with van der Waals surface area (Å²) in [5, 5.41) is 2.91. The van der Waals surface area contributed by atoms with Gasteiger partial charge < -0.3 is 15.8 Å². The highest BCUT2D eigenvalue weighted by Crippen LogP contribution is 2.38. The number of ether oxygens (including phenoxy) is 1. The number of hydrogen-bond acceptors (Lipinski definition) is 3. The van der Waals surface area contributed by atoms with E-state index in [2.05, 4.69) is 5.32 Å². The highest BCUT2D eigenvalue weighted by atomic mass is 16.5. The SMILES string of the molecule is C[C@@H](CN)NC(=O)C1CC2CCC1O2. The van der Waals surface area contributed by atoms with Crippen LogP contribution in [0.1, 0.15) is 26.2 Å². The van der Waals surface area contributed by atoms with Crippen molar-refractivity contribution in [3.05, 3.63) is 0 Å². The molecule has 0 aromatic rings. The van der Waals surface area contributed by atoms with Gasteiger partial charge in [-0.15, -0.1) is 0 Å². The van der Waals surface area contributed by atoms with Crippen molar-refractivity contribution in [3.8, 4) is 0 Å². The first-order chi connectivity index (χ1) is 6.70. The Bertz CT molecular complexity index is 232. The molecule has 14 heavy (non-hydrogen) atoms. The van der Waals surface area contributed by atoms with Crippen LogP contribution in [0.2, 0.25) is 0 Å². The number of nitrogens with two attached hydrogens (primary N) is 1. The summed E-state index contributed by atoms with van der Waals surface area (Å²) in [6.45, 7) is 2.42. The Kier molecular flexibility index (Phi) is 2.74. The van der Waals surface area contributed by atoms with Crippen molar-refractivity contribution in [2.75, 3.05) is 6.54 Å². The molecule has 0 aromatic carbocycles. The van der Waals surface area contributed by atoms with E-state index in [0.717, 1.165) is 19.3 Å². The number of rotatable bonds is 3. The molecule has 4 heteroatoms. The summed E-state index contributed by atoms with van der Waals surface area (Å²) >= 11 is 0. The minimum atomic E-state index is 0.0710. The maximum atomic E-state index is 11.8. The molecule has 4 nitrogen and oxygen atoms in total. The molecular formula is C10H18N2O2. The third-order valence-electron chi connectivity index (χ3n) is 3.18. The van der Waals surface area contributed by atoms with Crippen LogP contribution in [-0.4, -0.2) is 30.7 Å². The minimum absolute atomic E-state index is 0.0710. The Labute approximate surface area is 84.2 Å². The molecule has 0 aromatic heterocycles. The molecule has 2 rings (SSSR count). The second kappa shape index (κ2) is 3.87. The molecule has 3 unspecified atom stereocenters. The molecule has 0 radical (unpaired) electrons. The molecule has 1 amide bonds. The van der Waals surface area contributed by atoms with Crippen molar-refractivity contribution >= 4 is 5.91 Å². The highest BCUT2D eigenvalue weighted by Gasteiger charge is 2.44. The van der Waals surface area contributed by atoms with Crippen molar-refractivity contribution < 1.29 is 9.53 Å². The summed E-state index contributed by atoms with van der Waals surface area (Å²) in [7, 11) is 0. The van der Waals surface area contributed by atoms with E-state index >= 15 is 0 Å². The average molecular weight is 198 g/mol. The summed E-state index contributed by atoms with van der Waals surface area (Å²) in [4.78, 5) is 11.8. The van der Waals surface area contributed by atoms with Crippen LogP contribution < -0.4 is 11.1 Å². The Morgan fingerprint density at radius 1 is 1.64 bits per heavy atom. The van der Waals surface area contributed by atoms with Gasteiger partial charge in [0.2, 0.25) is 5.91 Å². The second-order valence-corrected chi connectivity index (χ2v) is 4.36. The van der Waals surface area contributed by atoms with Crippen molar-refractivity contribution in [1.29, 1.82) is 0 Å². The van der Waals surface area contributed by atoms with Gasteiger partial charge in [0, 0.05) is 12.6 Å². The van der Waals surface area contributed by atoms with Crippen LogP contribution in [0.3, 0.4) is 0 Å². The zero-order valence-electron chi connectivity index (χ0n) is 8.53. The first-order valence-corrected chi connectivity index (χ1v) is 5.36. The van der Waals surface area contributed by atoms with Crippen LogP contribution in [0.5, 0.6) is 0 Å². The molecule has 0 aliphatic carbocycles. The Morgan fingerprint density at radius 2 is 2.43 bits per heavy atom. The van der Waals surface area contributed by atoms with E-state index in [0.29, 0.717) is 12.6 Å². The molecular weight excluding hydrogens is 180 g/mol. The van der Waals surface area contributed by atoms with Crippen LogP contribution >= 0.6 is 0 Å². The van der Waals surface area contributed by atoms with Crippen LogP contribution in [0.25, 0.3) is 0 Å². The largest absolute Gasteiger partial charge is 0.374 e. The van der Waals surface area contributed by atoms with Gasteiger partial charge >= 0.3 is 0 Å². The third kappa shape index (κ3) is 1.77. The lowest BCUT2D eigenvalue weighted by Gasteiger charge is -2.20. The fraction of sp³-hybridized carbons (Fsp3) is 0.900. The summed E-state index contributed by atoms with van der Waals surface area (Å²) in [6.07, 6.45) is 3.57. The van der Waals surface area contributed by atoms with Crippen molar-refractivity contribution in [1.82, 2.24) is 5.32 Å². The number of fused-ring (bicyclic) bond motifs is 2. The number of nitrogens with one attached hydrogen (secondary N) is 1. The molecule has 2 aliphatic rings. The smallest absolute Gasteiger partial charge is 0.226 e. The van der Waals surface area contributed by atoms with Crippen molar-refractivity contribution in [2.45, 2.75) is 44.4 Å². The fourth-order valence-corrected chi connectivity index (χ4v) is 2.32. The summed E-state index contributed by atoms with van der Waals surface area (Å²) < 4.78 is 5.63. The van der Waals surface area contributed by atoms with E-state index in [4.69, 9.17) is 10.5 Å². The van der Waals surface area contributed by atoms with Crippen LogP contribution in [0.15, 0.2) is 0 Å². The zero-order valence-corrected chi connectivity index (χ0v) is 8.53. The van der Waals surface area contributed by atoms with E-state index < -0.39 is 0 Å². The van der Waals surface area contributed by atoms with Gasteiger partial charge in [0.05, 0.1) is 18.1 Å². The van der Waals surface area contributed by atoms with E-state index in [-0.39, 0.29) is 24.0 Å². The van der Waals surface area contributed by atoms with Crippen molar-refractivity contribution in [2.24, 2.45) is 11.7 Å². The minimum Gasteiger partial charge on any atom is -0.374 e. The molecule has 2 fully saturated rings. The van der Waals surface area contributed by atoms with E-state index in [9.17, 15) is 4.79 Å². The summed E-state index contributed by atoms with van der Waals surface area (Å²) in [5.41, 5.74) is 5.45. The van der Waals surface area contributed by atoms with Crippen molar-refractivity contribution in [3.63, 3.8) is 0 Å². The van der Waals surface area contributed by atoms with Gasteiger partial charge in [0.15, 0.2) is 0 Å². The Morgan fingerprint density at radius 3 is 2.93 bits per heavy atom. The number of hydrogen-bond donors (Lipinski definition) is 2. The normalized spacial score (nSPS) is 37.1. The lowest BCUT2D eigenvalue weighted by atomic mass is 9.88. The maximum absolute atomic E-state index is 11.8. The average Bonchev–Trinajstić information content (AvgIpc) is 2.78. The first-order valence-electron chi connectivity index (χ1n) is 5.36.